The van der Waals surface area contributed by atoms with Crippen LogP contribution in [-0.4, -0.2) is 22.4 Å². The van der Waals surface area contributed by atoms with Gasteiger partial charge in [0, 0.05) is 0 Å². The van der Waals surface area contributed by atoms with Gasteiger partial charge in [-0.3, -0.25) is 0 Å². The molecule has 0 aliphatic rings. The largest absolute Gasteiger partial charge is 0.393 e. The molecule has 2 atom stereocenters. The van der Waals surface area contributed by atoms with E-state index in [1.807, 2.05) is 0 Å². The molecule has 2 nitrogen and oxygen atoms in total. The predicted octanol–water partition coefficient (Wildman–Crippen LogP) is 5.99. The molecule has 0 saturated heterocycles. The second kappa shape index (κ2) is 17.3. The van der Waals surface area contributed by atoms with Crippen LogP contribution >= 0.6 is 0 Å². The molecule has 0 fully saturated rings. The van der Waals surface area contributed by atoms with Crippen LogP contribution in [0.1, 0.15) is 117 Å². The van der Waals surface area contributed by atoms with Crippen LogP contribution in [0, 0.1) is 0 Å². The highest BCUT2D eigenvalue weighted by Gasteiger charge is 2.05. The van der Waals surface area contributed by atoms with Crippen molar-refractivity contribution in [2.45, 2.75) is 129 Å². The highest BCUT2D eigenvalue weighted by Crippen LogP contribution is 2.15. The zero-order valence-electron chi connectivity index (χ0n) is 15.4. The molecule has 0 rings (SSSR count). The van der Waals surface area contributed by atoms with Gasteiger partial charge in [-0.1, -0.05) is 90.9 Å². The van der Waals surface area contributed by atoms with Gasteiger partial charge in [0.15, 0.2) is 0 Å². The Morgan fingerprint density at radius 3 is 1.09 bits per heavy atom. The Balaban J connectivity index is 3.24. The predicted molar refractivity (Wildman–Crippen MR) is 97.2 cm³/mol. The van der Waals surface area contributed by atoms with E-state index in [1.165, 1.54) is 64.2 Å². The van der Waals surface area contributed by atoms with E-state index in [9.17, 15) is 10.2 Å². The smallest absolute Gasteiger partial charge is 0.0540 e. The van der Waals surface area contributed by atoms with E-state index in [0.717, 1.165) is 38.5 Å². The lowest BCUT2D eigenvalue weighted by Crippen LogP contribution is -2.07. The molecule has 0 bridgehead atoms. The molecular formula is C20H42O2. The Labute approximate surface area is 139 Å². The summed E-state index contributed by atoms with van der Waals surface area (Å²) in [4.78, 5) is 0. The van der Waals surface area contributed by atoms with E-state index >= 15 is 0 Å². The fourth-order valence-corrected chi connectivity index (χ4v) is 3.02. The number of aliphatic hydroxyl groups excluding tert-OH is 2. The van der Waals surface area contributed by atoms with E-state index in [2.05, 4.69) is 13.8 Å². The van der Waals surface area contributed by atoms with Crippen LogP contribution in [0.4, 0.5) is 0 Å². The number of hydrogen-bond donors (Lipinski definition) is 2. The van der Waals surface area contributed by atoms with Crippen LogP contribution < -0.4 is 0 Å². The van der Waals surface area contributed by atoms with Gasteiger partial charge < -0.3 is 10.2 Å². The highest BCUT2D eigenvalue weighted by atomic mass is 16.3. The van der Waals surface area contributed by atoms with E-state index in [-0.39, 0.29) is 12.2 Å². The molecule has 0 aromatic heterocycles. The van der Waals surface area contributed by atoms with E-state index < -0.39 is 0 Å². The summed E-state index contributed by atoms with van der Waals surface area (Å²) < 4.78 is 0. The summed E-state index contributed by atoms with van der Waals surface area (Å²) >= 11 is 0. The summed E-state index contributed by atoms with van der Waals surface area (Å²) in [7, 11) is 0. The van der Waals surface area contributed by atoms with Crippen molar-refractivity contribution in [2.24, 2.45) is 0 Å². The third-order valence-corrected chi connectivity index (χ3v) is 4.61. The van der Waals surface area contributed by atoms with Gasteiger partial charge in [0.05, 0.1) is 12.2 Å². The fourth-order valence-electron chi connectivity index (χ4n) is 3.02. The second-order valence-corrected chi connectivity index (χ2v) is 7.00. The lowest BCUT2D eigenvalue weighted by atomic mass is 10.0. The van der Waals surface area contributed by atoms with Crippen LogP contribution in [0.2, 0.25) is 0 Å². The molecule has 0 aromatic rings. The molecule has 0 heterocycles. The summed E-state index contributed by atoms with van der Waals surface area (Å²) in [5.74, 6) is 0. The van der Waals surface area contributed by atoms with Crippen molar-refractivity contribution < 1.29 is 10.2 Å². The third kappa shape index (κ3) is 16.3. The Morgan fingerprint density at radius 2 is 0.727 bits per heavy atom. The zero-order chi connectivity index (χ0) is 16.5. The van der Waals surface area contributed by atoms with Crippen LogP contribution in [0.15, 0.2) is 0 Å². The van der Waals surface area contributed by atoms with Crippen LogP contribution in [0.5, 0.6) is 0 Å². The molecule has 0 spiro atoms. The normalized spacial score (nSPS) is 14.2. The molecule has 134 valence electrons. The maximum absolute atomic E-state index is 9.93. The Hall–Kier alpha value is -0.0800. The Bertz CT molecular complexity index is 206. The van der Waals surface area contributed by atoms with Crippen molar-refractivity contribution in [3.05, 3.63) is 0 Å². The summed E-state index contributed by atoms with van der Waals surface area (Å²) in [6.45, 7) is 4.44. The molecule has 2 heteroatoms. The zero-order valence-corrected chi connectivity index (χ0v) is 15.4. The second-order valence-electron chi connectivity index (χ2n) is 7.00. The quantitative estimate of drug-likeness (QED) is 0.324. The fraction of sp³-hybridized carbons (Fsp3) is 1.00. The van der Waals surface area contributed by atoms with Gasteiger partial charge >= 0.3 is 0 Å². The van der Waals surface area contributed by atoms with Crippen molar-refractivity contribution in [3.8, 4) is 0 Å². The molecule has 22 heavy (non-hydrogen) atoms. The number of hydrogen-bond acceptors (Lipinski definition) is 2. The summed E-state index contributed by atoms with van der Waals surface area (Å²) in [6.07, 6.45) is 18.5. The molecule has 0 saturated carbocycles. The summed E-state index contributed by atoms with van der Waals surface area (Å²) in [5, 5.41) is 19.8. The van der Waals surface area contributed by atoms with Gasteiger partial charge in [-0.2, -0.15) is 0 Å². The van der Waals surface area contributed by atoms with Crippen molar-refractivity contribution in [2.75, 3.05) is 0 Å². The van der Waals surface area contributed by atoms with E-state index in [0.29, 0.717) is 0 Å². The highest BCUT2D eigenvalue weighted by molar-refractivity contribution is 4.59. The summed E-state index contributed by atoms with van der Waals surface area (Å²) in [6, 6.07) is 0. The van der Waals surface area contributed by atoms with Gasteiger partial charge in [0.1, 0.15) is 0 Å². The van der Waals surface area contributed by atoms with Gasteiger partial charge in [0.25, 0.3) is 0 Å². The molecule has 0 amide bonds. The first-order chi connectivity index (χ1) is 10.7. The Kier molecular flexibility index (Phi) is 17.2. The maximum Gasteiger partial charge on any atom is 0.0540 e. The number of unbranched alkanes of at least 4 members (excludes halogenated alkanes) is 9. The molecular weight excluding hydrogens is 272 g/mol. The average molecular weight is 315 g/mol. The van der Waals surface area contributed by atoms with Gasteiger partial charge in [-0.15, -0.1) is 0 Å². The van der Waals surface area contributed by atoms with E-state index in [1.54, 1.807) is 0 Å². The lowest BCUT2D eigenvalue weighted by Gasteiger charge is -2.11. The standard InChI is InChI=1S/C20H42O2/c1-3-5-7-8-12-16-20(22)18-14-10-9-13-17-19(21)15-11-6-4-2/h19-22H,3-18H2,1-2H3. The van der Waals surface area contributed by atoms with Crippen molar-refractivity contribution in [1.82, 2.24) is 0 Å². The molecule has 2 unspecified atom stereocenters. The van der Waals surface area contributed by atoms with Gasteiger partial charge in [0.2, 0.25) is 0 Å². The molecule has 0 aliphatic carbocycles. The van der Waals surface area contributed by atoms with Crippen LogP contribution in [0.3, 0.4) is 0 Å². The first kappa shape index (κ1) is 21.9. The first-order valence-corrected chi connectivity index (χ1v) is 10.1. The number of rotatable bonds is 17. The third-order valence-electron chi connectivity index (χ3n) is 4.61. The Morgan fingerprint density at radius 1 is 0.455 bits per heavy atom. The van der Waals surface area contributed by atoms with E-state index in [4.69, 9.17) is 0 Å². The van der Waals surface area contributed by atoms with Crippen molar-refractivity contribution >= 4 is 0 Å². The van der Waals surface area contributed by atoms with Crippen LogP contribution in [-0.2, 0) is 0 Å². The minimum absolute atomic E-state index is 0.0822. The summed E-state index contributed by atoms with van der Waals surface area (Å²) in [5.41, 5.74) is 0. The molecule has 0 aromatic carbocycles. The first-order valence-electron chi connectivity index (χ1n) is 10.1. The minimum atomic E-state index is -0.0831. The van der Waals surface area contributed by atoms with Gasteiger partial charge in [-0.25, -0.2) is 0 Å². The number of aliphatic hydroxyl groups is 2. The maximum atomic E-state index is 9.93. The molecule has 0 radical (unpaired) electrons. The van der Waals surface area contributed by atoms with Crippen molar-refractivity contribution in [3.63, 3.8) is 0 Å². The lowest BCUT2D eigenvalue weighted by molar-refractivity contribution is 0.142. The topological polar surface area (TPSA) is 40.5 Å². The minimum Gasteiger partial charge on any atom is -0.393 e. The molecule has 2 N–H and O–H groups in total. The van der Waals surface area contributed by atoms with Gasteiger partial charge in [-0.05, 0) is 25.7 Å². The molecule has 0 aliphatic heterocycles. The van der Waals surface area contributed by atoms with Crippen molar-refractivity contribution in [1.29, 1.82) is 0 Å². The average Bonchev–Trinajstić information content (AvgIpc) is 2.50. The van der Waals surface area contributed by atoms with Crippen LogP contribution in [0.25, 0.3) is 0 Å². The SMILES string of the molecule is CCCCCCCC(O)CCCCCCC(O)CCCCC. The monoisotopic (exact) mass is 314 g/mol.